The van der Waals surface area contributed by atoms with E-state index in [0.29, 0.717) is 24.0 Å². The number of rotatable bonds is 5. The molecule has 9 heteroatoms. The summed E-state index contributed by atoms with van der Waals surface area (Å²) < 4.78 is 30.6. The topological polar surface area (TPSA) is 118 Å². The molecule has 0 bridgehead atoms. The van der Waals surface area contributed by atoms with Crippen LogP contribution >= 0.6 is 0 Å². The van der Waals surface area contributed by atoms with E-state index < -0.39 is 40.7 Å². The van der Waals surface area contributed by atoms with Gasteiger partial charge in [-0.25, -0.2) is 14.4 Å². The third kappa shape index (κ3) is 4.02. The van der Waals surface area contributed by atoms with Crippen LogP contribution in [-0.2, 0) is 42.9 Å². The third-order valence-electron chi connectivity index (χ3n) is 13.8. The predicted octanol–water partition coefficient (Wildman–Crippen LogP) is 5.56. The first-order valence-corrected chi connectivity index (χ1v) is 16.9. The Kier molecular flexibility index (Phi) is 6.59. The second-order valence-electron chi connectivity index (χ2n) is 16.6. The molecule has 0 amide bonds. The van der Waals surface area contributed by atoms with Crippen molar-refractivity contribution in [1.29, 1.82) is 0 Å². The van der Waals surface area contributed by atoms with E-state index >= 15 is 0 Å². The first-order valence-electron chi connectivity index (χ1n) is 16.9. The van der Waals surface area contributed by atoms with Gasteiger partial charge in [-0.05, 0) is 102 Å². The molecule has 7 aliphatic rings. The molecule has 7 rings (SSSR count). The number of allylic oxidation sites excluding steroid dienone is 2. The van der Waals surface area contributed by atoms with Gasteiger partial charge in [-0.2, -0.15) is 0 Å². The number of hydrogen-bond acceptors (Lipinski definition) is 9. The Balaban J connectivity index is 1.38. The minimum atomic E-state index is -0.872. The second-order valence-corrected chi connectivity index (χ2v) is 16.6. The molecule has 0 spiro atoms. The summed E-state index contributed by atoms with van der Waals surface area (Å²) in [5, 5.41) is 0. The fraction of sp³-hybridized carbons (Fsp3) is 0.730. The van der Waals surface area contributed by atoms with Gasteiger partial charge in [-0.3, -0.25) is 4.79 Å². The van der Waals surface area contributed by atoms with Crippen LogP contribution in [0.5, 0.6) is 0 Å². The molecule has 5 fully saturated rings. The lowest BCUT2D eigenvalue weighted by atomic mass is 9.40. The van der Waals surface area contributed by atoms with Crippen LogP contribution in [0.2, 0.25) is 0 Å². The molecule has 0 aromatic heterocycles. The first kappa shape index (κ1) is 31.6. The molecule has 4 aliphatic carbocycles. The van der Waals surface area contributed by atoms with Crippen LogP contribution in [0.4, 0.5) is 0 Å². The van der Waals surface area contributed by atoms with Crippen molar-refractivity contribution in [2.45, 2.75) is 130 Å². The van der Waals surface area contributed by atoms with Crippen molar-refractivity contribution < 1.29 is 42.9 Å². The van der Waals surface area contributed by atoms with Crippen LogP contribution in [0, 0.1) is 39.4 Å². The monoisotopic (exact) mass is 636 g/mol. The zero-order valence-corrected chi connectivity index (χ0v) is 28.6. The SMILES string of the molecule is C/C=C(\C)C(=O)O[C@@H]1C[C@]23C[C@]2(CC[C@H]3C2=C[C@H]([C@@H]3OC3(C)C)OC2=O)[C@@]2(C)[C@H]1[C@@]1(C)C=CC(=O)OC(C)(C)[C@@H]1C[C@H]2OC(C)=O. The number of hydrogen-bond donors (Lipinski definition) is 0. The van der Waals surface area contributed by atoms with Crippen molar-refractivity contribution in [2.75, 3.05) is 0 Å². The van der Waals surface area contributed by atoms with Crippen molar-refractivity contribution in [3.8, 4) is 0 Å². The van der Waals surface area contributed by atoms with Gasteiger partial charge in [0.05, 0.1) is 5.60 Å². The Hall–Kier alpha value is -2.94. The van der Waals surface area contributed by atoms with Crippen molar-refractivity contribution in [1.82, 2.24) is 0 Å². The fourth-order valence-corrected chi connectivity index (χ4v) is 11.8. The Morgan fingerprint density at radius 3 is 2.35 bits per heavy atom. The van der Waals surface area contributed by atoms with E-state index in [-0.39, 0.29) is 58.2 Å². The third-order valence-corrected chi connectivity index (χ3v) is 13.8. The number of esters is 4. The molecule has 250 valence electrons. The van der Waals surface area contributed by atoms with Crippen LogP contribution in [-0.4, -0.2) is 59.5 Å². The number of cyclic esters (lactones) is 2. The number of carbonyl (C=O) groups is 4. The number of carbonyl (C=O) groups excluding carboxylic acids is 4. The zero-order valence-electron chi connectivity index (χ0n) is 28.6. The Morgan fingerprint density at radius 2 is 1.72 bits per heavy atom. The zero-order chi connectivity index (χ0) is 33.4. The highest BCUT2D eigenvalue weighted by molar-refractivity contribution is 5.92. The van der Waals surface area contributed by atoms with Gasteiger partial charge >= 0.3 is 23.9 Å². The molecular weight excluding hydrogens is 588 g/mol. The van der Waals surface area contributed by atoms with Crippen LogP contribution < -0.4 is 0 Å². The van der Waals surface area contributed by atoms with Gasteiger partial charge in [0, 0.05) is 41.4 Å². The summed E-state index contributed by atoms with van der Waals surface area (Å²) in [6.07, 6.45) is 9.09. The van der Waals surface area contributed by atoms with Crippen LogP contribution in [0.15, 0.2) is 35.5 Å². The van der Waals surface area contributed by atoms with Crippen LogP contribution in [0.25, 0.3) is 0 Å². The summed E-state index contributed by atoms with van der Waals surface area (Å²) in [6, 6.07) is 0. The molecule has 0 N–H and O–H groups in total. The molecular formula is C37H48O9. The van der Waals surface area contributed by atoms with E-state index in [2.05, 4.69) is 13.8 Å². The number of ether oxygens (including phenoxy) is 5. The maximum absolute atomic E-state index is 13.6. The molecule has 3 aliphatic heterocycles. The lowest BCUT2D eigenvalue weighted by Gasteiger charge is -2.66. The van der Waals surface area contributed by atoms with Gasteiger partial charge in [-0.1, -0.05) is 26.0 Å². The normalized spacial score (nSPS) is 47.5. The minimum absolute atomic E-state index is 0.0804. The molecule has 0 unspecified atom stereocenters. The molecule has 9 nitrogen and oxygen atoms in total. The average Bonchev–Trinajstić information content (AvgIpc) is 3.71. The molecule has 1 saturated heterocycles. The Morgan fingerprint density at radius 1 is 1.02 bits per heavy atom. The summed E-state index contributed by atoms with van der Waals surface area (Å²) in [5.41, 5.74) is -1.88. The maximum Gasteiger partial charge on any atom is 0.334 e. The van der Waals surface area contributed by atoms with Crippen molar-refractivity contribution in [3.63, 3.8) is 0 Å². The van der Waals surface area contributed by atoms with E-state index in [0.717, 1.165) is 19.3 Å². The summed E-state index contributed by atoms with van der Waals surface area (Å²) >= 11 is 0. The quantitative estimate of drug-likeness (QED) is 0.166. The van der Waals surface area contributed by atoms with Gasteiger partial charge < -0.3 is 23.7 Å². The molecule has 11 atom stereocenters. The number of fused-ring (bicyclic) bond motifs is 3. The Bertz CT molecular complexity index is 1520. The van der Waals surface area contributed by atoms with Gasteiger partial charge in [0.25, 0.3) is 0 Å². The lowest BCUT2D eigenvalue weighted by Crippen LogP contribution is -2.68. The highest BCUT2D eigenvalue weighted by atomic mass is 16.6. The summed E-state index contributed by atoms with van der Waals surface area (Å²) in [6.45, 7) is 17.2. The molecule has 0 radical (unpaired) electrons. The fourth-order valence-electron chi connectivity index (χ4n) is 11.8. The molecule has 4 saturated carbocycles. The van der Waals surface area contributed by atoms with Crippen LogP contribution in [0.3, 0.4) is 0 Å². The van der Waals surface area contributed by atoms with Gasteiger partial charge in [0.15, 0.2) is 6.10 Å². The van der Waals surface area contributed by atoms with Crippen LogP contribution in [0.1, 0.15) is 94.4 Å². The molecule has 0 aromatic rings. The lowest BCUT2D eigenvalue weighted by molar-refractivity contribution is -0.251. The standard InChI is InChI=1S/C37H48O9/c1-10-19(2)30(40)44-24-17-36-18-37(36,14-11-22(36)21-15-23(43-31(21)41)29-33(6,7)46-29)35(9)26(42-20(3)38)16-25-32(4,5)45-27(39)12-13-34(25,8)28(24)35/h10,12-13,15,22-26,28-29H,11,14,16-18H2,1-9H3/b19-10+/t22-,23+,24+,25-,26+,28+,29-,34-,35+,36+,37+/m0/s1. The summed E-state index contributed by atoms with van der Waals surface area (Å²) in [4.78, 5) is 52.9. The van der Waals surface area contributed by atoms with Crippen molar-refractivity contribution in [3.05, 3.63) is 35.5 Å². The summed E-state index contributed by atoms with van der Waals surface area (Å²) in [5.74, 6) is -2.06. The van der Waals surface area contributed by atoms with E-state index in [1.165, 1.54) is 13.0 Å². The van der Waals surface area contributed by atoms with Gasteiger partial charge in [-0.15, -0.1) is 0 Å². The predicted molar refractivity (Wildman–Crippen MR) is 166 cm³/mol. The van der Waals surface area contributed by atoms with E-state index in [1.54, 1.807) is 13.0 Å². The smallest absolute Gasteiger partial charge is 0.334 e. The van der Waals surface area contributed by atoms with Crippen molar-refractivity contribution in [2.24, 2.45) is 39.4 Å². The second kappa shape index (κ2) is 9.57. The van der Waals surface area contributed by atoms with E-state index in [1.807, 2.05) is 46.8 Å². The Labute approximate surface area is 271 Å². The van der Waals surface area contributed by atoms with Gasteiger partial charge in [0.2, 0.25) is 0 Å². The first-order chi connectivity index (χ1) is 21.4. The molecule has 3 heterocycles. The molecule has 46 heavy (non-hydrogen) atoms. The molecule has 0 aromatic carbocycles. The van der Waals surface area contributed by atoms with Gasteiger partial charge in [0.1, 0.15) is 23.9 Å². The average molecular weight is 637 g/mol. The van der Waals surface area contributed by atoms with E-state index in [9.17, 15) is 19.2 Å². The maximum atomic E-state index is 13.6. The minimum Gasteiger partial charge on any atom is -0.462 e. The van der Waals surface area contributed by atoms with Crippen molar-refractivity contribution >= 4 is 23.9 Å². The number of epoxide rings is 1. The largest absolute Gasteiger partial charge is 0.462 e. The van der Waals surface area contributed by atoms with E-state index in [4.69, 9.17) is 23.7 Å². The highest BCUT2D eigenvalue weighted by Gasteiger charge is 2.88. The summed E-state index contributed by atoms with van der Waals surface area (Å²) in [7, 11) is 0. The highest BCUT2D eigenvalue weighted by Crippen LogP contribution is 2.90.